The SMILES string of the molecule is CN(C)N=C(O[Si](C)(C)C)C(F)(F)F. The molecule has 0 unspecified atom stereocenters. The number of rotatable bonds is 2. The van der Waals surface area contributed by atoms with Crippen molar-refractivity contribution in [3.63, 3.8) is 0 Å². The van der Waals surface area contributed by atoms with E-state index in [0.717, 1.165) is 5.01 Å². The predicted molar refractivity (Wildman–Crippen MR) is 51.6 cm³/mol. The van der Waals surface area contributed by atoms with Gasteiger partial charge in [0.05, 0.1) is 0 Å². The number of nitrogens with zero attached hydrogens (tertiary/aromatic N) is 2. The highest BCUT2D eigenvalue weighted by atomic mass is 28.4. The second kappa shape index (κ2) is 4.20. The Morgan fingerprint density at radius 3 is 1.86 bits per heavy atom. The van der Waals surface area contributed by atoms with Crippen LogP contribution in [0.15, 0.2) is 5.10 Å². The molecule has 0 aromatic carbocycles. The number of halogens is 3. The monoisotopic (exact) mass is 228 g/mol. The van der Waals surface area contributed by atoms with Crippen LogP contribution >= 0.6 is 0 Å². The largest absolute Gasteiger partial charge is 0.527 e. The highest BCUT2D eigenvalue weighted by molar-refractivity contribution is 6.71. The van der Waals surface area contributed by atoms with Crippen LogP contribution in [-0.4, -0.2) is 39.5 Å². The van der Waals surface area contributed by atoms with E-state index in [-0.39, 0.29) is 0 Å². The molecule has 0 N–H and O–H groups in total. The highest BCUT2D eigenvalue weighted by Crippen LogP contribution is 2.21. The summed E-state index contributed by atoms with van der Waals surface area (Å²) in [7, 11) is 0.558. The van der Waals surface area contributed by atoms with E-state index in [0.29, 0.717) is 0 Å². The maximum Gasteiger partial charge on any atom is 0.468 e. The molecule has 0 amide bonds. The summed E-state index contributed by atoms with van der Waals surface area (Å²) in [4.78, 5) is 0. The van der Waals surface area contributed by atoms with E-state index >= 15 is 0 Å². The third-order valence-electron chi connectivity index (χ3n) is 0.936. The molecule has 0 aromatic rings. The topological polar surface area (TPSA) is 24.8 Å². The normalized spacial score (nSPS) is 14.1. The van der Waals surface area contributed by atoms with Gasteiger partial charge < -0.3 is 4.43 Å². The number of hydrazone groups is 1. The van der Waals surface area contributed by atoms with Crippen molar-refractivity contribution in [3.05, 3.63) is 0 Å². The predicted octanol–water partition coefficient (Wildman–Crippen LogP) is 2.28. The molecule has 84 valence electrons. The average molecular weight is 228 g/mol. The smallest absolute Gasteiger partial charge is 0.468 e. The Morgan fingerprint density at radius 1 is 1.21 bits per heavy atom. The zero-order valence-corrected chi connectivity index (χ0v) is 9.94. The van der Waals surface area contributed by atoms with Crippen LogP contribution in [0.25, 0.3) is 0 Å². The maximum atomic E-state index is 12.4. The summed E-state index contributed by atoms with van der Waals surface area (Å²) >= 11 is 0. The van der Waals surface area contributed by atoms with Crippen molar-refractivity contribution >= 4 is 14.2 Å². The van der Waals surface area contributed by atoms with Crippen LogP contribution in [0.1, 0.15) is 0 Å². The minimum Gasteiger partial charge on any atom is -0.527 e. The highest BCUT2D eigenvalue weighted by Gasteiger charge is 2.41. The lowest BCUT2D eigenvalue weighted by molar-refractivity contribution is -0.0730. The van der Waals surface area contributed by atoms with Crippen LogP contribution in [0.5, 0.6) is 0 Å². The van der Waals surface area contributed by atoms with Gasteiger partial charge in [0.25, 0.3) is 5.90 Å². The molecule has 0 atom stereocenters. The summed E-state index contributed by atoms with van der Waals surface area (Å²) in [6, 6.07) is 0. The van der Waals surface area contributed by atoms with Crippen LogP contribution in [-0.2, 0) is 4.43 Å². The quantitative estimate of drug-likeness (QED) is 0.313. The van der Waals surface area contributed by atoms with E-state index < -0.39 is 20.4 Å². The molecule has 7 heteroatoms. The molecule has 0 aliphatic heterocycles. The van der Waals surface area contributed by atoms with E-state index in [1.807, 2.05) is 0 Å². The van der Waals surface area contributed by atoms with Crippen molar-refractivity contribution in [2.24, 2.45) is 5.10 Å². The first kappa shape index (κ1) is 13.3. The van der Waals surface area contributed by atoms with Crippen LogP contribution in [0.3, 0.4) is 0 Å². The van der Waals surface area contributed by atoms with Crippen molar-refractivity contribution in [2.75, 3.05) is 14.1 Å². The summed E-state index contributed by atoms with van der Waals surface area (Å²) < 4.78 is 41.9. The molecule has 14 heavy (non-hydrogen) atoms. The standard InChI is InChI=1S/C7H15F3N2OSi/c1-12(2)11-6(7(8,9)10)13-14(3,4)5/h1-5H3. The van der Waals surface area contributed by atoms with Crippen molar-refractivity contribution in [1.29, 1.82) is 0 Å². The maximum absolute atomic E-state index is 12.4. The first-order chi connectivity index (χ1) is 6.02. The zero-order chi connectivity index (χ0) is 11.6. The molecule has 0 saturated heterocycles. The Hall–Kier alpha value is -0.723. The van der Waals surface area contributed by atoms with Gasteiger partial charge in [-0.2, -0.15) is 13.2 Å². The van der Waals surface area contributed by atoms with Crippen LogP contribution in [0.4, 0.5) is 13.2 Å². The molecule has 0 heterocycles. The van der Waals surface area contributed by atoms with Gasteiger partial charge in [-0.25, -0.2) is 0 Å². The first-order valence-corrected chi connectivity index (χ1v) is 7.45. The first-order valence-electron chi connectivity index (χ1n) is 4.04. The molecule has 0 aliphatic rings. The summed E-state index contributed by atoms with van der Waals surface area (Å²) in [5.74, 6) is -1.17. The van der Waals surface area contributed by atoms with E-state index in [1.165, 1.54) is 14.1 Å². The lowest BCUT2D eigenvalue weighted by atomic mass is 10.6. The average Bonchev–Trinajstić information content (AvgIpc) is 1.78. The van der Waals surface area contributed by atoms with Crippen LogP contribution < -0.4 is 0 Å². The van der Waals surface area contributed by atoms with Gasteiger partial charge in [0.2, 0.25) is 8.32 Å². The van der Waals surface area contributed by atoms with Gasteiger partial charge in [0.15, 0.2) is 0 Å². The van der Waals surface area contributed by atoms with Gasteiger partial charge in [-0.3, -0.25) is 5.01 Å². The fraction of sp³-hybridized carbons (Fsp3) is 0.857. The van der Waals surface area contributed by atoms with Gasteiger partial charge in [-0.1, -0.05) is 0 Å². The van der Waals surface area contributed by atoms with Gasteiger partial charge in [-0.15, -0.1) is 5.10 Å². The zero-order valence-electron chi connectivity index (χ0n) is 8.94. The third-order valence-corrected chi connectivity index (χ3v) is 1.74. The molecule has 0 radical (unpaired) electrons. The van der Waals surface area contributed by atoms with E-state index in [4.69, 9.17) is 4.43 Å². The van der Waals surface area contributed by atoms with Crippen molar-refractivity contribution in [3.8, 4) is 0 Å². The summed E-state index contributed by atoms with van der Waals surface area (Å²) in [5, 5.41) is 4.34. The molecule has 0 aromatic heterocycles. The van der Waals surface area contributed by atoms with Crippen LogP contribution in [0, 0.1) is 0 Å². The third kappa shape index (κ3) is 5.84. The van der Waals surface area contributed by atoms with Crippen molar-refractivity contribution < 1.29 is 17.6 Å². The summed E-state index contributed by atoms with van der Waals surface area (Å²) in [6.07, 6.45) is -4.52. The van der Waals surface area contributed by atoms with Crippen LogP contribution in [0.2, 0.25) is 19.6 Å². The number of alkyl halides is 3. The minimum absolute atomic E-state index is 1.07. The fourth-order valence-corrected chi connectivity index (χ4v) is 1.34. The van der Waals surface area contributed by atoms with Crippen molar-refractivity contribution in [1.82, 2.24) is 5.01 Å². The minimum atomic E-state index is -4.52. The molecule has 0 bridgehead atoms. The summed E-state index contributed by atoms with van der Waals surface area (Å²) in [5.41, 5.74) is 0. The lowest BCUT2D eigenvalue weighted by Gasteiger charge is -2.22. The number of hydrogen-bond donors (Lipinski definition) is 0. The Labute approximate surface area is 82.7 Å². The van der Waals surface area contributed by atoms with E-state index in [2.05, 4.69) is 5.10 Å². The second-order valence-corrected chi connectivity index (χ2v) is 8.39. The molecular formula is C7H15F3N2OSi. The Balaban J connectivity index is 4.77. The number of hydrogen-bond acceptors (Lipinski definition) is 3. The van der Waals surface area contributed by atoms with Gasteiger partial charge in [0.1, 0.15) is 0 Å². The van der Waals surface area contributed by atoms with Crippen molar-refractivity contribution in [2.45, 2.75) is 25.8 Å². The molecule has 3 nitrogen and oxygen atoms in total. The second-order valence-electron chi connectivity index (χ2n) is 3.96. The van der Waals surface area contributed by atoms with Gasteiger partial charge >= 0.3 is 6.18 Å². The fourth-order valence-electron chi connectivity index (χ4n) is 0.607. The molecular weight excluding hydrogens is 213 g/mol. The molecule has 0 fully saturated rings. The molecule has 0 aliphatic carbocycles. The van der Waals surface area contributed by atoms with E-state index in [9.17, 15) is 13.2 Å². The van der Waals surface area contributed by atoms with E-state index in [1.54, 1.807) is 19.6 Å². The Bertz CT molecular complexity index is 220. The Morgan fingerprint density at radius 2 is 1.64 bits per heavy atom. The van der Waals surface area contributed by atoms with Gasteiger partial charge in [-0.05, 0) is 19.6 Å². The lowest BCUT2D eigenvalue weighted by Crippen LogP contribution is -2.38. The summed E-state index contributed by atoms with van der Waals surface area (Å²) in [6.45, 7) is 5.01. The van der Waals surface area contributed by atoms with Gasteiger partial charge in [0, 0.05) is 14.1 Å². The molecule has 0 rings (SSSR count). The Kier molecular flexibility index (Phi) is 3.98. The molecule has 0 saturated carbocycles. The molecule has 0 spiro atoms.